The maximum absolute atomic E-state index is 5.96. The molecule has 0 saturated heterocycles. The molecule has 0 atom stereocenters. The van der Waals surface area contributed by atoms with Crippen molar-refractivity contribution in [1.82, 2.24) is 4.98 Å². The highest BCUT2D eigenvalue weighted by molar-refractivity contribution is 6.00. The molecule has 0 spiro atoms. The van der Waals surface area contributed by atoms with Crippen LogP contribution in [0.5, 0.6) is 0 Å². The molecule has 0 aliphatic rings. The number of hydrogen-bond donors (Lipinski definition) is 2. The Bertz CT molecular complexity index is 540. The third-order valence-corrected chi connectivity index (χ3v) is 2.84. The number of rotatable bonds is 5. The number of aromatic nitrogens is 1. The number of anilines is 2. The van der Waals surface area contributed by atoms with E-state index in [1.165, 1.54) is 0 Å². The van der Waals surface area contributed by atoms with Crippen molar-refractivity contribution in [2.45, 2.75) is 13.8 Å². The van der Waals surface area contributed by atoms with Gasteiger partial charge >= 0.3 is 0 Å². The van der Waals surface area contributed by atoms with Crippen LogP contribution in [0.2, 0.25) is 0 Å². The maximum atomic E-state index is 5.96. The summed E-state index contributed by atoms with van der Waals surface area (Å²) in [6, 6.07) is 5.96. The van der Waals surface area contributed by atoms with Gasteiger partial charge in [-0.3, -0.25) is 4.98 Å². The molecular weight excluding hydrogens is 226 g/mol. The van der Waals surface area contributed by atoms with E-state index < -0.39 is 0 Å². The highest BCUT2D eigenvalue weighted by atomic mass is 16.5. The molecule has 0 bridgehead atoms. The monoisotopic (exact) mass is 245 g/mol. The summed E-state index contributed by atoms with van der Waals surface area (Å²) in [6.45, 7) is 6.20. The van der Waals surface area contributed by atoms with E-state index in [0.29, 0.717) is 6.61 Å². The third-order valence-electron chi connectivity index (χ3n) is 2.84. The van der Waals surface area contributed by atoms with E-state index in [9.17, 15) is 0 Å². The van der Waals surface area contributed by atoms with E-state index in [2.05, 4.69) is 16.4 Å². The van der Waals surface area contributed by atoms with Gasteiger partial charge in [-0.2, -0.15) is 0 Å². The molecule has 18 heavy (non-hydrogen) atoms. The molecule has 0 aliphatic carbocycles. The summed E-state index contributed by atoms with van der Waals surface area (Å²) in [6.07, 6.45) is 1.83. The number of nitrogens with zero attached hydrogens (tertiary/aromatic N) is 1. The van der Waals surface area contributed by atoms with Gasteiger partial charge in [0.05, 0.1) is 6.61 Å². The number of ether oxygens (including phenoxy) is 1. The van der Waals surface area contributed by atoms with Gasteiger partial charge in [0.2, 0.25) is 0 Å². The first kappa shape index (κ1) is 12.6. The van der Waals surface area contributed by atoms with Crippen LogP contribution in [0.15, 0.2) is 24.4 Å². The Hall–Kier alpha value is -1.81. The normalized spacial score (nSPS) is 10.8. The second-order valence-corrected chi connectivity index (χ2v) is 4.20. The number of fused-ring (bicyclic) bond motifs is 1. The molecule has 0 amide bonds. The van der Waals surface area contributed by atoms with Gasteiger partial charge in [-0.05, 0) is 32.0 Å². The molecule has 4 heteroatoms. The van der Waals surface area contributed by atoms with Gasteiger partial charge in [0, 0.05) is 47.2 Å². The van der Waals surface area contributed by atoms with Gasteiger partial charge in [0.25, 0.3) is 0 Å². The van der Waals surface area contributed by atoms with Crippen LogP contribution in [0.4, 0.5) is 11.4 Å². The van der Waals surface area contributed by atoms with Crippen molar-refractivity contribution in [3.63, 3.8) is 0 Å². The van der Waals surface area contributed by atoms with E-state index in [1.807, 2.05) is 32.2 Å². The van der Waals surface area contributed by atoms with E-state index in [1.54, 1.807) is 0 Å². The van der Waals surface area contributed by atoms with E-state index in [-0.39, 0.29) is 0 Å². The zero-order chi connectivity index (χ0) is 13.0. The van der Waals surface area contributed by atoms with Crippen LogP contribution in [-0.4, -0.2) is 24.7 Å². The lowest BCUT2D eigenvalue weighted by molar-refractivity contribution is 0.158. The molecule has 0 fully saturated rings. The van der Waals surface area contributed by atoms with Crippen LogP contribution < -0.4 is 11.1 Å². The summed E-state index contributed by atoms with van der Waals surface area (Å²) in [5, 5.41) is 5.47. The zero-order valence-corrected chi connectivity index (χ0v) is 10.9. The number of benzene rings is 1. The van der Waals surface area contributed by atoms with Gasteiger partial charge in [0.15, 0.2) is 0 Å². The molecule has 2 aromatic rings. The van der Waals surface area contributed by atoms with Crippen molar-refractivity contribution in [2.75, 3.05) is 30.8 Å². The second kappa shape index (κ2) is 5.69. The summed E-state index contributed by atoms with van der Waals surface area (Å²) in [4.78, 5) is 4.29. The Morgan fingerprint density at radius 3 is 2.94 bits per heavy atom. The van der Waals surface area contributed by atoms with Crippen LogP contribution in [0, 0.1) is 6.92 Å². The molecule has 0 unspecified atom stereocenters. The maximum Gasteiger partial charge on any atom is 0.0638 e. The highest BCUT2D eigenvalue weighted by Crippen LogP contribution is 2.28. The van der Waals surface area contributed by atoms with Gasteiger partial charge in [0.1, 0.15) is 0 Å². The lowest BCUT2D eigenvalue weighted by Crippen LogP contribution is -2.09. The molecular formula is C14H19N3O. The molecule has 1 aromatic carbocycles. The Morgan fingerprint density at radius 1 is 1.33 bits per heavy atom. The Balaban J connectivity index is 2.27. The number of aryl methyl sites for hydroxylation is 1. The molecule has 2 rings (SSSR count). The fourth-order valence-electron chi connectivity index (χ4n) is 1.92. The minimum absolute atomic E-state index is 0.701. The predicted octanol–water partition coefficient (Wildman–Crippen LogP) is 2.57. The average Bonchev–Trinajstić information content (AvgIpc) is 2.37. The molecule has 0 aliphatic heterocycles. The summed E-state index contributed by atoms with van der Waals surface area (Å²) in [5.74, 6) is 0. The fraction of sp³-hybridized carbons (Fsp3) is 0.357. The van der Waals surface area contributed by atoms with Crippen LogP contribution in [-0.2, 0) is 4.74 Å². The Kier molecular flexibility index (Phi) is 3.99. The number of nitrogens with two attached hydrogens (primary N) is 1. The lowest BCUT2D eigenvalue weighted by atomic mass is 10.1. The zero-order valence-electron chi connectivity index (χ0n) is 10.9. The summed E-state index contributed by atoms with van der Waals surface area (Å²) < 4.78 is 5.32. The molecule has 3 N–H and O–H groups in total. The van der Waals surface area contributed by atoms with Gasteiger partial charge < -0.3 is 15.8 Å². The average molecular weight is 245 g/mol. The number of hydrogen-bond acceptors (Lipinski definition) is 4. The van der Waals surface area contributed by atoms with Crippen molar-refractivity contribution in [3.05, 3.63) is 30.1 Å². The van der Waals surface area contributed by atoms with Crippen molar-refractivity contribution in [2.24, 2.45) is 0 Å². The summed E-state index contributed by atoms with van der Waals surface area (Å²) in [5.41, 5.74) is 8.78. The second-order valence-electron chi connectivity index (χ2n) is 4.20. The quantitative estimate of drug-likeness (QED) is 0.628. The van der Waals surface area contributed by atoms with Gasteiger partial charge in [-0.15, -0.1) is 0 Å². The SMILES string of the molecule is CCOCCNc1ccc(N)c2cnc(C)cc12. The van der Waals surface area contributed by atoms with Crippen molar-refractivity contribution in [1.29, 1.82) is 0 Å². The Morgan fingerprint density at radius 2 is 2.17 bits per heavy atom. The number of nitrogen functional groups attached to an aromatic ring is 1. The molecule has 4 nitrogen and oxygen atoms in total. The first-order valence-electron chi connectivity index (χ1n) is 6.19. The van der Waals surface area contributed by atoms with E-state index in [0.717, 1.165) is 41.0 Å². The first-order chi connectivity index (χ1) is 8.72. The van der Waals surface area contributed by atoms with Crippen LogP contribution in [0.3, 0.4) is 0 Å². The minimum Gasteiger partial charge on any atom is -0.398 e. The van der Waals surface area contributed by atoms with E-state index >= 15 is 0 Å². The molecule has 1 aromatic heterocycles. The van der Waals surface area contributed by atoms with Gasteiger partial charge in [-0.25, -0.2) is 0 Å². The smallest absolute Gasteiger partial charge is 0.0638 e. The Labute approximate surface area is 107 Å². The summed E-state index contributed by atoms with van der Waals surface area (Å²) in [7, 11) is 0. The topological polar surface area (TPSA) is 60.2 Å². The molecule has 96 valence electrons. The molecule has 1 heterocycles. The lowest BCUT2D eigenvalue weighted by Gasteiger charge is -2.11. The third kappa shape index (κ3) is 2.71. The van der Waals surface area contributed by atoms with Crippen LogP contribution in [0.1, 0.15) is 12.6 Å². The van der Waals surface area contributed by atoms with Crippen molar-refractivity contribution < 1.29 is 4.74 Å². The standard InChI is InChI=1S/C14H19N3O/c1-3-18-7-6-16-14-5-4-13(15)12-9-17-10(2)8-11(12)14/h4-5,8-9,16H,3,6-7,15H2,1-2H3. The van der Waals surface area contributed by atoms with Crippen molar-refractivity contribution in [3.8, 4) is 0 Å². The largest absolute Gasteiger partial charge is 0.398 e. The van der Waals surface area contributed by atoms with E-state index in [4.69, 9.17) is 10.5 Å². The van der Waals surface area contributed by atoms with Crippen LogP contribution in [0.25, 0.3) is 10.8 Å². The number of pyridine rings is 1. The predicted molar refractivity (Wildman–Crippen MR) is 75.9 cm³/mol. The first-order valence-corrected chi connectivity index (χ1v) is 6.19. The molecule has 0 radical (unpaired) electrons. The summed E-state index contributed by atoms with van der Waals surface area (Å²) >= 11 is 0. The van der Waals surface area contributed by atoms with Crippen molar-refractivity contribution >= 4 is 22.1 Å². The minimum atomic E-state index is 0.701. The highest BCUT2D eigenvalue weighted by Gasteiger charge is 2.04. The van der Waals surface area contributed by atoms with Gasteiger partial charge in [-0.1, -0.05) is 0 Å². The fourth-order valence-corrected chi connectivity index (χ4v) is 1.92. The van der Waals surface area contributed by atoms with Crippen LogP contribution >= 0.6 is 0 Å². The number of nitrogens with one attached hydrogen (secondary N) is 1. The molecule has 0 saturated carbocycles.